The van der Waals surface area contributed by atoms with Gasteiger partial charge < -0.3 is 9.64 Å². The Morgan fingerprint density at radius 3 is 2.20 bits per heavy atom. The van der Waals surface area contributed by atoms with Crippen molar-refractivity contribution in [2.24, 2.45) is 0 Å². The quantitative estimate of drug-likeness (QED) is 0.831. The van der Waals surface area contributed by atoms with Crippen LogP contribution in [0.5, 0.6) is 5.75 Å². The summed E-state index contributed by atoms with van der Waals surface area (Å²) in [6.45, 7) is 3.00. The fourth-order valence-electron chi connectivity index (χ4n) is 3.58. The Morgan fingerprint density at radius 1 is 1.04 bits per heavy atom. The van der Waals surface area contributed by atoms with Crippen LogP contribution in [0.1, 0.15) is 31.2 Å². The van der Waals surface area contributed by atoms with Crippen molar-refractivity contribution in [3.63, 3.8) is 0 Å². The molecule has 25 heavy (non-hydrogen) atoms. The first-order chi connectivity index (χ1) is 11.9. The molecule has 2 fully saturated rings. The summed E-state index contributed by atoms with van der Waals surface area (Å²) in [6, 6.07) is 5.07. The number of carbonyl (C=O) groups is 1. The molecule has 1 aliphatic carbocycles. The average Bonchev–Trinajstić information content (AvgIpc) is 3.14. The van der Waals surface area contributed by atoms with Gasteiger partial charge in [-0.2, -0.15) is 13.2 Å². The first kappa shape index (κ1) is 18.0. The Morgan fingerprint density at radius 2 is 1.64 bits per heavy atom. The largest absolute Gasteiger partial charge is 0.484 e. The molecule has 0 aromatic heterocycles. The number of carbonyl (C=O) groups excluding carboxylic acids is 1. The highest BCUT2D eigenvalue weighted by atomic mass is 19.4. The van der Waals surface area contributed by atoms with Crippen molar-refractivity contribution in [3.05, 3.63) is 29.8 Å². The minimum atomic E-state index is -4.37. The molecular weight excluding hydrogens is 333 g/mol. The van der Waals surface area contributed by atoms with Gasteiger partial charge in [0.15, 0.2) is 6.61 Å². The molecule has 138 valence electrons. The molecule has 7 heteroatoms. The van der Waals surface area contributed by atoms with Crippen LogP contribution in [0.15, 0.2) is 24.3 Å². The summed E-state index contributed by atoms with van der Waals surface area (Å²) in [6.07, 6.45) is 0.735. The second kappa shape index (κ2) is 7.64. The standard InChI is InChI=1S/C18H23F3N2O2/c19-18(20,21)14-5-7-16(8-6-14)25-13-17(24)23-11-9-22(10-12-23)15-3-1-2-4-15/h5-8,15H,1-4,9-13H2. The summed E-state index contributed by atoms with van der Waals surface area (Å²) < 4.78 is 42.9. The Balaban J connectivity index is 1.43. The van der Waals surface area contributed by atoms with Crippen LogP contribution in [0.3, 0.4) is 0 Å². The zero-order valence-electron chi connectivity index (χ0n) is 14.1. The van der Waals surface area contributed by atoms with E-state index in [0.29, 0.717) is 19.1 Å². The molecule has 1 aliphatic heterocycles. The maximum absolute atomic E-state index is 12.5. The van der Waals surface area contributed by atoms with Crippen molar-refractivity contribution in [1.29, 1.82) is 0 Å². The van der Waals surface area contributed by atoms with Gasteiger partial charge >= 0.3 is 6.18 Å². The minimum Gasteiger partial charge on any atom is -0.484 e. The molecule has 1 aromatic carbocycles. The predicted octanol–water partition coefficient (Wildman–Crippen LogP) is 3.17. The monoisotopic (exact) mass is 356 g/mol. The summed E-state index contributed by atoms with van der Waals surface area (Å²) >= 11 is 0. The van der Waals surface area contributed by atoms with Crippen LogP contribution in [0.25, 0.3) is 0 Å². The lowest BCUT2D eigenvalue weighted by molar-refractivity contribution is -0.138. The lowest BCUT2D eigenvalue weighted by Gasteiger charge is -2.38. The molecular formula is C18H23F3N2O2. The highest BCUT2D eigenvalue weighted by Gasteiger charge is 2.30. The van der Waals surface area contributed by atoms with E-state index < -0.39 is 11.7 Å². The number of rotatable bonds is 4. The van der Waals surface area contributed by atoms with Gasteiger partial charge in [-0.25, -0.2) is 0 Å². The molecule has 3 rings (SSSR count). The van der Waals surface area contributed by atoms with Crippen LogP contribution >= 0.6 is 0 Å². The summed E-state index contributed by atoms with van der Waals surface area (Å²) in [4.78, 5) is 16.5. The molecule has 1 aromatic rings. The van der Waals surface area contributed by atoms with Crippen LogP contribution in [-0.2, 0) is 11.0 Å². The molecule has 4 nitrogen and oxygen atoms in total. The number of nitrogens with zero attached hydrogens (tertiary/aromatic N) is 2. The first-order valence-electron chi connectivity index (χ1n) is 8.75. The zero-order valence-corrected chi connectivity index (χ0v) is 14.1. The van der Waals surface area contributed by atoms with E-state index in [9.17, 15) is 18.0 Å². The molecule has 1 saturated heterocycles. The minimum absolute atomic E-state index is 0.119. The lowest BCUT2D eigenvalue weighted by atomic mass is 10.2. The van der Waals surface area contributed by atoms with Crippen LogP contribution in [0, 0.1) is 0 Å². The van der Waals surface area contributed by atoms with Gasteiger partial charge in [0.1, 0.15) is 5.75 Å². The van der Waals surface area contributed by atoms with Crippen molar-refractivity contribution in [3.8, 4) is 5.75 Å². The molecule has 0 unspecified atom stereocenters. The number of alkyl halides is 3. The van der Waals surface area contributed by atoms with E-state index in [1.54, 1.807) is 4.90 Å². The van der Waals surface area contributed by atoms with Gasteiger partial charge in [0.25, 0.3) is 5.91 Å². The maximum atomic E-state index is 12.5. The third kappa shape index (κ3) is 4.66. The molecule has 0 radical (unpaired) electrons. The summed E-state index contributed by atoms with van der Waals surface area (Å²) in [5, 5.41) is 0. The van der Waals surface area contributed by atoms with Gasteiger partial charge in [0.2, 0.25) is 0 Å². The van der Waals surface area contributed by atoms with E-state index in [2.05, 4.69) is 4.90 Å². The predicted molar refractivity (Wildman–Crippen MR) is 87.3 cm³/mol. The van der Waals surface area contributed by atoms with Gasteiger partial charge in [-0.3, -0.25) is 9.69 Å². The van der Waals surface area contributed by atoms with Gasteiger partial charge in [0, 0.05) is 32.2 Å². The fourth-order valence-corrected chi connectivity index (χ4v) is 3.58. The van der Waals surface area contributed by atoms with Crippen molar-refractivity contribution in [1.82, 2.24) is 9.80 Å². The second-order valence-electron chi connectivity index (χ2n) is 6.67. The van der Waals surface area contributed by atoms with Gasteiger partial charge in [-0.1, -0.05) is 12.8 Å². The van der Waals surface area contributed by atoms with Crippen molar-refractivity contribution in [2.75, 3.05) is 32.8 Å². The molecule has 0 bridgehead atoms. The highest BCUT2D eigenvalue weighted by molar-refractivity contribution is 5.77. The van der Waals surface area contributed by atoms with Gasteiger partial charge in [-0.15, -0.1) is 0 Å². The number of ether oxygens (including phenoxy) is 1. The summed E-state index contributed by atoms with van der Waals surface area (Å²) in [7, 11) is 0. The van der Waals surface area contributed by atoms with E-state index in [1.807, 2.05) is 0 Å². The third-order valence-corrected chi connectivity index (χ3v) is 5.05. The summed E-state index contributed by atoms with van der Waals surface area (Å²) in [5.74, 6) is 0.150. The number of benzene rings is 1. The zero-order chi connectivity index (χ0) is 17.9. The van der Waals surface area contributed by atoms with Crippen molar-refractivity contribution < 1.29 is 22.7 Å². The van der Waals surface area contributed by atoms with Gasteiger partial charge in [-0.05, 0) is 37.1 Å². The lowest BCUT2D eigenvalue weighted by Crippen LogP contribution is -2.52. The van der Waals surface area contributed by atoms with E-state index in [1.165, 1.54) is 37.8 Å². The normalized spacial score (nSPS) is 20.0. The number of hydrogen-bond acceptors (Lipinski definition) is 3. The molecule has 1 amide bonds. The molecule has 1 saturated carbocycles. The van der Waals surface area contributed by atoms with Crippen LogP contribution in [-0.4, -0.2) is 54.5 Å². The van der Waals surface area contributed by atoms with Crippen molar-refractivity contribution in [2.45, 2.75) is 37.9 Å². The first-order valence-corrected chi connectivity index (χ1v) is 8.75. The fraction of sp³-hybridized carbons (Fsp3) is 0.611. The van der Waals surface area contributed by atoms with Crippen LogP contribution in [0.4, 0.5) is 13.2 Å². The maximum Gasteiger partial charge on any atom is 0.416 e. The van der Waals surface area contributed by atoms with Crippen molar-refractivity contribution >= 4 is 5.91 Å². The molecule has 2 aliphatic rings. The van der Waals surface area contributed by atoms with E-state index in [0.717, 1.165) is 25.2 Å². The molecule has 0 N–H and O–H groups in total. The summed E-state index contributed by atoms with van der Waals surface area (Å²) in [5.41, 5.74) is -0.728. The SMILES string of the molecule is O=C(COc1ccc(C(F)(F)F)cc1)N1CCN(C2CCCC2)CC1. The van der Waals surface area contributed by atoms with E-state index in [-0.39, 0.29) is 18.3 Å². The Labute approximate surface area is 145 Å². The number of piperazine rings is 1. The highest BCUT2D eigenvalue weighted by Crippen LogP contribution is 2.30. The van der Waals surface area contributed by atoms with Gasteiger partial charge in [0.05, 0.1) is 5.56 Å². The van der Waals surface area contributed by atoms with Crippen LogP contribution < -0.4 is 4.74 Å². The number of hydrogen-bond donors (Lipinski definition) is 0. The molecule has 0 spiro atoms. The number of halogens is 3. The molecule has 1 heterocycles. The van der Waals surface area contributed by atoms with E-state index in [4.69, 9.17) is 4.74 Å². The Kier molecular flexibility index (Phi) is 5.51. The smallest absolute Gasteiger partial charge is 0.416 e. The number of amides is 1. The average molecular weight is 356 g/mol. The topological polar surface area (TPSA) is 32.8 Å². The third-order valence-electron chi connectivity index (χ3n) is 5.05. The Bertz CT molecular complexity index is 575. The van der Waals surface area contributed by atoms with Crippen LogP contribution in [0.2, 0.25) is 0 Å². The van der Waals surface area contributed by atoms with E-state index >= 15 is 0 Å². The Hall–Kier alpha value is -1.76. The molecule has 0 atom stereocenters. The second-order valence-corrected chi connectivity index (χ2v) is 6.67.